The first-order valence-corrected chi connectivity index (χ1v) is 12.2. The smallest absolute Gasteiger partial charge is 0.271 e. The van der Waals surface area contributed by atoms with Gasteiger partial charge < -0.3 is 5.32 Å². The minimum absolute atomic E-state index is 0.153. The molecule has 0 aliphatic rings. The number of carbonyl (C=O) groups is 1. The van der Waals surface area contributed by atoms with Crippen LogP contribution in [-0.4, -0.2) is 19.4 Å². The number of thiocarbonyl (C=S) groups is 1. The van der Waals surface area contributed by atoms with Crippen molar-refractivity contribution in [3.8, 4) is 0 Å². The van der Waals surface area contributed by atoms with E-state index in [0.717, 1.165) is 22.6 Å². The highest BCUT2D eigenvalue weighted by molar-refractivity contribution is 7.94. The van der Waals surface area contributed by atoms with Crippen LogP contribution in [-0.2, 0) is 10.0 Å². The summed E-state index contributed by atoms with van der Waals surface area (Å²) in [5, 5.41) is 4.94. The third-order valence-electron chi connectivity index (χ3n) is 4.30. The van der Waals surface area contributed by atoms with E-state index in [9.17, 15) is 13.2 Å². The van der Waals surface area contributed by atoms with Crippen molar-refractivity contribution < 1.29 is 13.2 Å². The molecule has 0 aliphatic heterocycles. The lowest BCUT2D eigenvalue weighted by molar-refractivity contribution is 0.0945. The van der Waals surface area contributed by atoms with Crippen LogP contribution in [0.4, 0.5) is 11.4 Å². The largest absolute Gasteiger partial charge is 0.331 e. The number of carbonyl (C=O) groups excluding carboxylic acids is 1. The lowest BCUT2D eigenvalue weighted by Gasteiger charge is -2.17. The summed E-state index contributed by atoms with van der Waals surface area (Å²) in [7, 11) is -3.78. The van der Waals surface area contributed by atoms with Crippen molar-refractivity contribution >= 4 is 56.0 Å². The van der Waals surface area contributed by atoms with Crippen LogP contribution in [0.1, 0.15) is 35.7 Å². The van der Waals surface area contributed by atoms with Gasteiger partial charge in [0.2, 0.25) is 0 Å². The van der Waals surface area contributed by atoms with Crippen LogP contribution in [0.15, 0.2) is 70.3 Å². The predicted octanol–water partition coefficient (Wildman–Crippen LogP) is 4.30. The van der Waals surface area contributed by atoms with Gasteiger partial charge in [-0.15, -0.1) is 11.3 Å². The summed E-state index contributed by atoms with van der Waals surface area (Å²) in [6, 6.07) is 17.2. The minimum Gasteiger partial charge on any atom is -0.331 e. The molecule has 1 amide bonds. The number of benzene rings is 2. The number of hydrogen-bond acceptors (Lipinski definition) is 5. The summed E-state index contributed by atoms with van der Waals surface area (Å²) < 4.78 is 27.7. The molecule has 2 aromatic carbocycles. The van der Waals surface area contributed by atoms with Gasteiger partial charge in [0.25, 0.3) is 15.9 Å². The molecule has 0 saturated carbocycles. The van der Waals surface area contributed by atoms with E-state index >= 15 is 0 Å². The fourth-order valence-electron chi connectivity index (χ4n) is 2.83. The minimum atomic E-state index is -3.78. The first-order chi connectivity index (χ1) is 14.8. The fourth-order valence-corrected chi connectivity index (χ4v) is 5.06. The topological polar surface area (TPSA) is 99.3 Å². The fraction of sp³-hybridized carbons (Fsp3) is 0.143. The molecule has 162 valence electrons. The Morgan fingerprint density at radius 2 is 1.61 bits per heavy atom. The van der Waals surface area contributed by atoms with Gasteiger partial charge in [-0.2, -0.15) is 0 Å². The lowest BCUT2D eigenvalue weighted by atomic mass is 10.0. The van der Waals surface area contributed by atoms with E-state index in [1.54, 1.807) is 23.6 Å². The predicted molar refractivity (Wildman–Crippen MR) is 129 cm³/mol. The monoisotopic (exact) mass is 474 g/mol. The van der Waals surface area contributed by atoms with Crippen LogP contribution < -0.4 is 20.9 Å². The van der Waals surface area contributed by atoms with E-state index in [-0.39, 0.29) is 20.6 Å². The Kier molecular flexibility index (Phi) is 7.26. The molecule has 0 fully saturated rings. The summed E-state index contributed by atoms with van der Waals surface area (Å²) in [6.07, 6.45) is 0. The second kappa shape index (κ2) is 9.90. The van der Waals surface area contributed by atoms with Gasteiger partial charge in [0.15, 0.2) is 5.11 Å². The highest BCUT2D eigenvalue weighted by Gasteiger charge is 2.19. The maximum absolute atomic E-state index is 12.7. The molecule has 4 N–H and O–H groups in total. The number of anilines is 2. The van der Waals surface area contributed by atoms with E-state index in [4.69, 9.17) is 12.2 Å². The van der Waals surface area contributed by atoms with Crippen molar-refractivity contribution in [2.24, 2.45) is 0 Å². The number of nitrogens with one attached hydrogen (secondary N) is 4. The average molecular weight is 475 g/mol. The molecule has 3 aromatic rings. The summed E-state index contributed by atoms with van der Waals surface area (Å²) in [5.41, 5.74) is 7.41. The first kappa shape index (κ1) is 22.7. The van der Waals surface area contributed by atoms with Crippen LogP contribution in [0.25, 0.3) is 0 Å². The van der Waals surface area contributed by atoms with Gasteiger partial charge >= 0.3 is 0 Å². The maximum atomic E-state index is 12.7. The van der Waals surface area contributed by atoms with E-state index < -0.39 is 15.9 Å². The summed E-state index contributed by atoms with van der Waals surface area (Å²) in [6.45, 7) is 4.15. The Hall–Kier alpha value is -2.95. The third-order valence-corrected chi connectivity index (χ3v) is 7.26. The zero-order valence-electron chi connectivity index (χ0n) is 16.9. The van der Waals surface area contributed by atoms with Gasteiger partial charge in [-0.3, -0.25) is 20.4 Å². The van der Waals surface area contributed by atoms with Gasteiger partial charge in [0.05, 0.1) is 11.3 Å². The molecule has 0 unspecified atom stereocenters. The molecule has 0 radical (unpaired) electrons. The number of para-hydroxylation sites is 2. The Morgan fingerprint density at radius 3 is 2.29 bits per heavy atom. The number of hydrogen-bond donors (Lipinski definition) is 4. The number of rotatable bonds is 6. The van der Waals surface area contributed by atoms with Crippen molar-refractivity contribution in [2.45, 2.75) is 24.0 Å². The quantitative estimate of drug-likeness (QED) is 0.314. The molecule has 1 heterocycles. The molecular weight excluding hydrogens is 452 g/mol. The maximum Gasteiger partial charge on any atom is 0.271 e. The molecule has 10 heteroatoms. The van der Waals surface area contributed by atoms with Crippen LogP contribution in [0, 0.1) is 0 Å². The summed E-state index contributed by atoms with van der Waals surface area (Å²) in [5.74, 6) is -0.241. The molecule has 31 heavy (non-hydrogen) atoms. The average Bonchev–Trinajstić information content (AvgIpc) is 3.28. The van der Waals surface area contributed by atoms with E-state index in [1.165, 1.54) is 18.2 Å². The molecule has 3 rings (SSSR count). The van der Waals surface area contributed by atoms with Crippen LogP contribution in [0.5, 0.6) is 0 Å². The van der Waals surface area contributed by atoms with Crippen LogP contribution in [0.3, 0.4) is 0 Å². The highest BCUT2D eigenvalue weighted by Crippen LogP contribution is 2.24. The molecule has 0 aliphatic carbocycles. The van der Waals surface area contributed by atoms with Gasteiger partial charge in [-0.25, -0.2) is 8.42 Å². The normalized spacial score (nSPS) is 11.1. The van der Waals surface area contributed by atoms with Crippen molar-refractivity contribution in [2.75, 3.05) is 10.0 Å². The molecule has 0 bridgehead atoms. The molecule has 7 nitrogen and oxygen atoms in total. The van der Waals surface area contributed by atoms with Gasteiger partial charge in [-0.05, 0) is 53.3 Å². The highest BCUT2D eigenvalue weighted by atomic mass is 32.2. The van der Waals surface area contributed by atoms with Gasteiger partial charge in [-0.1, -0.05) is 50.2 Å². The Bertz CT molecular complexity index is 1180. The SMILES string of the molecule is CC(C)c1ccccc1NC(=S)NNC(=O)c1ccccc1NS(=O)(=O)c1cccs1. The van der Waals surface area contributed by atoms with Gasteiger partial charge in [0.1, 0.15) is 4.21 Å². The number of amides is 1. The Labute approximate surface area is 190 Å². The second-order valence-corrected chi connectivity index (χ2v) is 10.1. The molecule has 0 saturated heterocycles. The third kappa shape index (κ3) is 5.81. The summed E-state index contributed by atoms with van der Waals surface area (Å²) >= 11 is 6.37. The number of hydrazine groups is 1. The van der Waals surface area contributed by atoms with E-state index in [0.29, 0.717) is 5.92 Å². The van der Waals surface area contributed by atoms with Crippen molar-refractivity contribution in [1.29, 1.82) is 0 Å². The Balaban J connectivity index is 1.67. The van der Waals surface area contributed by atoms with Crippen LogP contribution in [0.2, 0.25) is 0 Å². The molecular formula is C21H22N4O3S3. The zero-order chi connectivity index (χ0) is 22.4. The van der Waals surface area contributed by atoms with Gasteiger partial charge in [0, 0.05) is 5.69 Å². The second-order valence-electron chi connectivity index (χ2n) is 6.86. The van der Waals surface area contributed by atoms with E-state index in [1.807, 2.05) is 24.3 Å². The van der Waals surface area contributed by atoms with E-state index in [2.05, 4.69) is 34.7 Å². The standard InChI is InChI=1S/C21H22N4O3S3/c1-14(2)15-8-3-5-10-17(15)22-21(29)24-23-20(26)16-9-4-6-11-18(16)25-31(27,28)19-12-7-13-30-19/h3-14,25H,1-2H3,(H,23,26)(H2,22,24,29). The van der Waals surface area contributed by atoms with Crippen molar-refractivity contribution in [3.05, 3.63) is 77.2 Å². The number of thiophene rings is 1. The molecule has 0 atom stereocenters. The Morgan fingerprint density at radius 1 is 0.935 bits per heavy atom. The van der Waals surface area contributed by atoms with Crippen molar-refractivity contribution in [1.82, 2.24) is 10.9 Å². The van der Waals surface area contributed by atoms with Crippen LogP contribution >= 0.6 is 23.6 Å². The number of sulfonamides is 1. The zero-order valence-corrected chi connectivity index (χ0v) is 19.3. The summed E-state index contributed by atoms with van der Waals surface area (Å²) in [4.78, 5) is 12.7. The van der Waals surface area contributed by atoms with Crippen molar-refractivity contribution in [3.63, 3.8) is 0 Å². The lowest BCUT2D eigenvalue weighted by Crippen LogP contribution is -2.44. The molecule has 1 aromatic heterocycles. The molecule has 0 spiro atoms. The first-order valence-electron chi connectivity index (χ1n) is 9.39.